The van der Waals surface area contributed by atoms with Crippen molar-refractivity contribution in [1.29, 1.82) is 0 Å². The number of ether oxygens (including phenoxy) is 1. The Hall–Kier alpha value is -1.75. The Kier molecular flexibility index (Phi) is 8.06. The smallest absolute Gasteiger partial charge is 0.191 e. The van der Waals surface area contributed by atoms with E-state index in [1.165, 1.54) is 31.5 Å². The first-order valence-electron chi connectivity index (χ1n) is 9.55. The van der Waals surface area contributed by atoms with E-state index in [2.05, 4.69) is 54.6 Å². The zero-order valence-electron chi connectivity index (χ0n) is 16.3. The molecule has 25 heavy (non-hydrogen) atoms. The maximum Gasteiger partial charge on any atom is 0.191 e. The number of likely N-dealkylation sites (tertiary alicyclic amines) is 1. The van der Waals surface area contributed by atoms with Gasteiger partial charge in [0.2, 0.25) is 0 Å². The van der Waals surface area contributed by atoms with Crippen molar-refractivity contribution >= 4 is 5.96 Å². The van der Waals surface area contributed by atoms with Crippen LogP contribution in [0.1, 0.15) is 37.8 Å². The maximum absolute atomic E-state index is 5.76. The molecule has 0 unspecified atom stereocenters. The molecule has 0 aromatic heterocycles. The van der Waals surface area contributed by atoms with Gasteiger partial charge in [-0.25, -0.2) is 4.99 Å². The zero-order chi connectivity index (χ0) is 18.1. The van der Waals surface area contributed by atoms with Gasteiger partial charge in [0.1, 0.15) is 5.75 Å². The van der Waals surface area contributed by atoms with Gasteiger partial charge in [-0.3, -0.25) is 0 Å². The second-order valence-corrected chi connectivity index (χ2v) is 6.87. The van der Waals surface area contributed by atoms with E-state index in [4.69, 9.17) is 9.73 Å². The van der Waals surface area contributed by atoms with Crippen LogP contribution in [-0.2, 0) is 6.54 Å². The lowest BCUT2D eigenvalue weighted by molar-refractivity contribution is 0.220. The molecule has 1 heterocycles. The molecule has 0 aliphatic carbocycles. The Morgan fingerprint density at radius 3 is 2.68 bits per heavy atom. The second-order valence-electron chi connectivity index (χ2n) is 6.87. The van der Waals surface area contributed by atoms with Crippen LogP contribution in [0.4, 0.5) is 0 Å². The summed E-state index contributed by atoms with van der Waals surface area (Å²) in [6.45, 7) is 11.8. The van der Waals surface area contributed by atoms with Gasteiger partial charge in [-0.05, 0) is 71.3 Å². The van der Waals surface area contributed by atoms with Crippen LogP contribution < -0.4 is 15.4 Å². The normalized spacial score (nSPS) is 16.7. The van der Waals surface area contributed by atoms with Crippen LogP contribution in [0.3, 0.4) is 0 Å². The lowest BCUT2D eigenvalue weighted by Crippen LogP contribution is -2.42. The van der Waals surface area contributed by atoms with Gasteiger partial charge >= 0.3 is 0 Å². The molecule has 0 radical (unpaired) electrons. The summed E-state index contributed by atoms with van der Waals surface area (Å²) in [6, 6.07) is 6.32. The third-order valence-electron chi connectivity index (χ3n) is 4.67. The summed E-state index contributed by atoms with van der Waals surface area (Å²) >= 11 is 0. The van der Waals surface area contributed by atoms with Crippen molar-refractivity contribution in [2.75, 3.05) is 39.8 Å². The van der Waals surface area contributed by atoms with E-state index in [0.29, 0.717) is 13.2 Å². The van der Waals surface area contributed by atoms with Crippen molar-refractivity contribution in [3.63, 3.8) is 0 Å². The average Bonchev–Trinajstić information content (AvgIpc) is 2.60. The summed E-state index contributed by atoms with van der Waals surface area (Å²) in [5.41, 5.74) is 2.34. The molecule has 1 aromatic carbocycles. The number of rotatable bonds is 7. The molecule has 2 rings (SSSR count). The Morgan fingerprint density at radius 2 is 2.00 bits per heavy atom. The molecule has 1 saturated heterocycles. The van der Waals surface area contributed by atoms with Gasteiger partial charge < -0.3 is 20.3 Å². The van der Waals surface area contributed by atoms with Crippen molar-refractivity contribution in [1.82, 2.24) is 15.5 Å². The molecular formula is C20H34N4O. The largest absolute Gasteiger partial charge is 0.494 e. The maximum atomic E-state index is 5.76. The minimum Gasteiger partial charge on any atom is -0.494 e. The fourth-order valence-electron chi connectivity index (χ4n) is 3.10. The third-order valence-corrected chi connectivity index (χ3v) is 4.67. The molecule has 1 aliphatic rings. The van der Waals surface area contributed by atoms with Gasteiger partial charge in [0.05, 0.1) is 13.2 Å². The number of nitrogens with zero attached hydrogens (tertiary/aromatic N) is 2. The van der Waals surface area contributed by atoms with Gasteiger partial charge in [-0.15, -0.1) is 0 Å². The average molecular weight is 347 g/mol. The standard InChI is InChI=1S/C20H34N4O/c1-5-21-20(22-14-17-9-11-24(4)12-10-17)23-15-18-8-7-16(3)13-19(18)25-6-2/h7-8,13,17H,5-6,9-12,14-15H2,1-4H3,(H2,21,22,23). The lowest BCUT2D eigenvalue weighted by atomic mass is 9.97. The highest BCUT2D eigenvalue weighted by molar-refractivity contribution is 5.79. The van der Waals surface area contributed by atoms with Crippen LogP contribution in [0.25, 0.3) is 0 Å². The Balaban J connectivity index is 1.94. The first-order valence-corrected chi connectivity index (χ1v) is 9.55. The van der Waals surface area contributed by atoms with E-state index in [-0.39, 0.29) is 0 Å². The van der Waals surface area contributed by atoms with Crippen LogP contribution in [0.15, 0.2) is 23.2 Å². The summed E-state index contributed by atoms with van der Waals surface area (Å²) in [6.07, 6.45) is 2.52. The van der Waals surface area contributed by atoms with E-state index in [9.17, 15) is 0 Å². The summed E-state index contributed by atoms with van der Waals surface area (Å²) < 4.78 is 5.76. The van der Waals surface area contributed by atoms with Crippen molar-refractivity contribution in [2.45, 2.75) is 40.2 Å². The van der Waals surface area contributed by atoms with E-state index in [0.717, 1.165) is 36.3 Å². The second kappa shape index (κ2) is 10.3. The van der Waals surface area contributed by atoms with Crippen LogP contribution in [0.5, 0.6) is 5.75 Å². The number of guanidine groups is 1. The predicted octanol–water partition coefficient (Wildman–Crippen LogP) is 2.79. The van der Waals surface area contributed by atoms with Gasteiger partial charge in [-0.2, -0.15) is 0 Å². The molecule has 140 valence electrons. The minimum atomic E-state index is 0.623. The molecule has 0 spiro atoms. The first-order chi connectivity index (χ1) is 12.1. The van der Waals surface area contributed by atoms with Crippen LogP contribution >= 0.6 is 0 Å². The molecule has 0 atom stereocenters. The number of aliphatic imine (C=N–C) groups is 1. The monoisotopic (exact) mass is 346 g/mol. The highest BCUT2D eigenvalue weighted by atomic mass is 16.5. The van der Waals surface area contributed by atoms with Gasteiger partial charge in [0.25, 0.3) is 0 Å². The molecule has 2 N–H and O–H groups in total. The first kappa shape index (κ1) is 19.6. The summed E-state index contributed by atoms with van der Waals surface area (Å²) in [5.74, 6) is 2.57. The van der Waals surface area contributed by atoms with E-state index in [1.54, 1.807) is 0 Å². The lowest BCUT2D eigenvalue weighted by Gasteiger charge is -2.29. The molecule has 1 aliphatic heterocycles. The van der Waals surface area contributed by atoms with Gasteiger partial charge in [0.15, 0.2) is 5.96 Å². The minimum absolute atomic E-state index is 0.623. The molecule has 0 saturated carbocycles. The van der Waals surface area contributed by atoms with Crippen LogP contribution in [0.2, 0.25) is 0 Å². The number of hydrogen-bond acceptors (Lipinski definition) is 3. The third kappa shape index (κ3) is 6.58. The van der Waals surface area contributed by atoms with Crippen LogP contribution in [0, 0.1) is 12.8 Å². The van der Waals surface area contributed by atoms with Gasteiger partial charge in [-0.1, -0.05) is 12.1 Å². The number of nitrogens with one attached hydrogen (secondary N) is 2. The SMILES string of the molecule is CCNC(=NCc1ccc(C)cc1OCC)NCC1CCN(C)CC1. The number of benzene rings is 1. The number of hydrogen-bond donors (Lipinski definition) is 2. The molecule has 5 nitrogen and oxygen atoms in total. The molecular weight excluding hydrogens is 312 g/mol. The highest BCUT2D eigenvalue weighted by Gasteiger charge is 2.16. The van der Waals surface area contributed by atoms with Crippen molar-refractivity contribution in [3.8, 4) is 5.75 Å². The number of piperidine rings is 1. The number of aryl methyl sites for hydroxylation is 1. The van der Waals surface area contributed by atoms with Crippen LogP contribution in [-0.4, -0.2) is 50.7 Å². The zero-order valence-corrected chi connectivity index (χ0v) is 16.3. The summed E-state index contributed by atoms with van der Waals surface area (Å²) in [4.78, 5) is 7.16. The Morgan fingerprint density at radius 1 is 1.24 bits per heavy atom. The highest BCUT2D eigenvalue weighted by Crippen LogP contribution is 2.21. The fraction of sp³-hybridized carbons (Fsp3) is 0.650. The fourth-order valence-corrected chi connectivity index (χ4v) is 3.10. The molecule has 5 heteroatoms. The van der Waals surface area contributed by atoms with Crippen molar-refractivity contribution in [2.24, 2.45) is 10.9 Å². The predicted molar refractivity (Wildman–Crippen MR) is 105 cm³/mol. The molecule has 1 fully saturated rings. The van der Waals surface area contributed by atoms with E-state index >= 15 is 0 Å². The van der Waals surface area contributed by atoms with E-state index in [1.807, 2.05) is 6.92 Å². The Labute approximate surface area is 152 Å². The van der Waals surface area contributed by atoms with Crippen molar-refractivity contribution < 1.29 is 4.74 Å². The van der Waals surface area contributed by atoms with Gasteiger partial charge in [0, 0.05) is 18.7 Å². The summed E-state index contributed by atoms with van der Waals surface area (Å²) in [7, 11) is 2.20. The summed E-state index contributed by atoms with van der Waals surface area (Å²) in [5, 5.41) is 6.87. The quantitative estimate of drug-likeness (QED) is 0.589. The Bertz CT molecular complexity index is 551. The topological polar surface area (TPSA) is 48.9 Å². The molecule has 0 amide bonds. The van der Waals surface area contributed by atoms with Crippen molar-refractivity contribution in [3.05, 3.63) is 29.3 Å². The molecule has 0 bridgehead atoms. The van der Waals surface area contributed by atoms with E-state index < -0.39 is 0 Å². The molecule has 1 aromatic rings.